The molecule has 0 bridgehead atoms. The third kappa shape index (κ3) is 3.48. The van der Waals surface area contributed by atoms with Gasteiger partial charge in [-0.3, -0.25) is 10.1 Å². The lowest BCUT2D eigenvalue weighted by atomic mass is 10.2. The van der Waals surface area contributed by atoms with E-state index in [1.54, 1.807) is 24.3 Å². The summed E-state index contributed by atoms with van der Waals surface area (Å²) >= 11 is 7.43. The molecule has 1 amide bonds. The van der Waals surface area contributed by atoms with Gasteiger partial charge in [-0.25, -0.2) is 0 Å². The summed E-state index contributed by atoms with van der Waals surface area (Å²) in [6, 6.07) is 10.9. The average Bonchev–Trinajstić information content (AvgIpc) is 3.10. The molecule has 5 nitrogen and oxygen atoms in total. The van der Waals surface area contributed by atoms with Gasteiger partial charge in [0, 0.05) is 15.5 Å². The highest BCUT2D eigenvalue weighted by atomic mass is 35.5. The molecule has 7 heteroatoms. The molecule has 1 aromatic carbocycles. The molecule has 3 aromatic rings. The summed E-state index contributed by atoms with van der Waals surface area (Å²) in [5.74, 6) is 0.114. The van der Waals surface area contributed by atoms with Gasteiger partial charge in [0.15, 0.2) is 0 Å². The molecular formula is C14H10ClN3O2S. The van der Waals surface area contributed by atoms with E-state index in [2.05, 4.69) is 15.5 Å². The van der Waals surface area contributed by atoms with E-state index < -0.39 is 0 Å². The molecule has 0 saturated heterocycles. The fraction of sp³-hybridized carbons (Fsp3) is 0.0714. The van der Waals surface area contributed by atoms with Gasteiger partial charge in [0.2, 0.25) is 11.8 Å². The van der Waals surface area contributed by atoms with Gasteiger partial charge in [0.1, 0.15) is 0 Å². The minimum Gasteiger partial charge on any atom is -0.403 e. The maximum absolute atomic E-state index is 11.8. The van der Waals surface area contributed by atoms with Gasteiger partial charge in [-0.15, -0.1) is 16.4 Å². The molecule has 2 aromatic heterocycles. The number of hydrogen-bond donors (Lipinski definition) is 1. The number of halogens is 1. The molecule has 3 rings (SSSR count). The Morgan fingerprint density at radius 1 is 1.29 bits per heavy atom. The SMILES string of the molecule is O=C(Cc1cccs1)Nc1nnc(-c2cccc(Cl)c2)o1. The van der Waals surface area contributed by atoms with Crippen LogP contribution in [0.3, 0.4) is 0 Å². The van der Waals surface area contributed by atoms with E-state index >= 15 is 0 Å². The van der Waals surface area contributed by atoms with Crippen molar-refractivity contribution in [2.24, 2.45) is 0 Å². The Bertz CT molecular complexity index is 755. The van der Waals surface area contributed by atoms with Crippen LogP contribution in [0.15, 0.2) is 46.2 Å². The van der Waals surface area contributed by atoms with E-state index in [1.165, 1.54) is 11.3 Å². The Balaban J connectivity index is 1.69. The van der Waals surface area contributed by atoms with Gasteiger partial charge in [0.25, 0.3) is 0 Å². The summed E-state index contributed by atoms with van der Waals surface area (Å²) in [6.07, 6.45) is 0.284. The third-order valence-electron chi connectivity index (χ3n) is 2.66. The summed E-state index contributed by atoms with van der Waals surface area (Å²) in [4.78, 5) is 12.8. The van der Waals surface area contributed by atoms with Crippen molar-refractivity contribution in [2.45, 2.75) is 6.42 Å². The van der Waals surface area contributed by atoms with Crippen LogP contribution in [-0.4, -0.2) is 16.1 Å². The second kappa shape index (κ2) is 6.07. The Hall–Kier alpha value is -2.18. The summed E-state index contributed by atoms with van der Waals surface area (Å²) in [7, 11) is 0. The Labute approximate surface area is 129 Å². The molecule has 0 aliphatic heterocycles. The van der Waals surface area contributed by atoms with E-state index in [9.17, 15) is 4.79 Å². The minimum absolute atomic E-state index is 0.0755. The second-order valence-corrected chi connectivity index (χ2v) is 5.70. The number of nitrogens with one attached hydrogen (secondary N) is 1. The first-order valence-corrected chi connectivity index (χ1v) is 7.38. The van der Waals surface area contributed by atoms with Crippen LogP contribution in [-0.2, 0) is 11.2 Å². The number of carbonyl (C=O) groups is 1. The molecule has 106 valence electrons. The zero-order valence-electron chi connectivity index (χ0n) is 10.7. The zero-order valence-corrected chi connectivity index (χ0v) is 12.3. The molecule has 0 fully saturated rings. The first-order valence-electron chi connectivity index (χ1n) is 6.12. The van der Waals surface area contributed by atoms with Crippen LogP contribution in [0.5, 0.6) is 0 Å². The number of benzene rings is 1. The van der Waals surface area contributed by atoms with Crippen LogP contribution in [0.25, 0.3) is 11.5 Å². The largest absolute Gasteiger partial charge is 0.403 e. The van der Waals surface area contributed by atoms with Crippen molar-refractivity contribution in [1.82, 2.24) is 10.2 Å². The van der Waals surface area contributed by atoms with E-state index in [1.807, 2.05) is 17.5 Å². The molecule has 1 N–H and O–H groups in total. The number of thiophene rings is 1. The minimum atomic E-state index is -0.196. The normalized spacial score (nSPS) is 10.5. The molecule has 0 spiro atoms. The lowest BCUT2D eigenvalue weighted by molar-refractivity contribution is -0.115. The molecular weight excluding hydrogens is 310 g/mol. The Morgan fingerprint density at radius 3 is 2.95 bits per heavy atom. The van der Waals surface area contributed by atoms with Crippen LogP contribution in [0.4, 0.5) is 6.01 Å². The van der Waals surface area contributed by atoms with E-state index in [0.717, 1.165) is 4.88 Å². The summed E-state index contributed by atoms with van der Waals surface area (Å²) in [5.41, 5.74) is 0.703. The predicted molar refractivity (Wildman–Crippen MR) is 81.4 cm³/mol. The highest BCUT2D eigenvalue weighted by Crippen LogP contribution is 2.22. The maximum atomic E-state index is 11.8. The van der Waals surface area contributed by atoms with Gasteiger partial charge in [-0.1, -0.05) is 28.8 Å². The number of aromatic nitrogens is 2. The number of amides is 1. The third-order valence-corrected chi connectivity index (χ3v) is 3.77. The Morgan fingerprint density at radius 2 is 2.19 bits per heavy atom. The van der Waals surface area contributed by atoms with Crippen molar-refractivity contribution >= 4 is 34.9 Å². The summed E-state index contributed by atoms with van der Waals surface area (Å²) < 4.78 is 5.41. The molecule has 0 saturated carbocycles. The summed E-state index contributed by atoms with van der Waals surface area (Å²) in [6.45, 7) is 0. The molecule has 0 aliphatic rings. The number of carbonyl (C=O) groups excluding carboxylic acids is 1. The van der Waals surface area contributed by atoms with Crippen molar-refractivity contribution < 1.29 is 9.21 Å². The van der Waals surface area contributed by atoms with Crippen LogP contribution in [0, 0.1) is 0 Å². The molecule has 21 heavy (non-hydrogen) atoms. The smallest absolute Gasteiger partial charge is 0.322 e. The maximum Gasteiger partial charge on any atom is 0.322 e. The molecule has 0 unspecified atom stereocenters. The topological polar surface area (TPSA) is 68.0 Å². The van der Waals surface area contributed by atoms with E-state index in [-0.39, 0.29) is 18.3 Å². The molecule has 2 heterocycles. The van der Waals surface area contributed by atoms with Gasteiger partial charge in [0.05, 0.1) is 6.42 Å². The van der Waals surface area contributed by atoms with Crippen molar-refractivity contribution in [1.29, 1.82) is 0 Å². The highest BCUT2D eigenvalue weighted by molar-refractivity contribution is 7.10. The van der Waals surface area contributed by atoms with Crippen molar-refractivity contribution in [3.05, 3.63) is 51.7 Å². The fourth-order valence-corrected chi connectivity index (χ4v) is 2.64. The van der Waals surface area contributed by atoms with Gasteiger partial charge < -0.3 is 4.42 Å². The van der Waals surface area contributed by atoms with Crippen LogP contribution in [0.1, 0.15) is 4.88 Å². The van der Waals surface area contributed by atoms with Gasteiger partial charge in [-0.05, 0) is 29.6 Å². The monoisotopic (exact) mass is 319 g/mol. The van der Waals surface area contributed by atoms with Crippen LogP contribution >= 0.6 is 22.9 Å². The number of nitrogens with zero attached hydrogens (tertiary/aromatic N) is 2. The first-order chi connectivity index (χ1) is 10.2. The van der Waals surface area contributed by atoms with Gasteiger partial charge >= 0.3 is 6.01 Å². The molecule has 0 radical (unpaired) electrons. The number of rotatable bonds is 4. The predicted octanol–water partition coefficient (Wildman–Crippen LogP) is 3.63. The lowest BCUT2D eigenvalue weighted by Gasteiger charge is -1.98. The van der Waals surface area contributed by atoms with Crippen LogP contribution in [0.2, 0.25) is 5.02 Å². The zero-order chi connectivity index (χ0) is 14.7. The molecule has 0 aliphatic carbocycles. The highest BCUT2D eigenvalue weighted by Gasteiger charge is 2.12. The quantitative estimate of drug-likeness (QED) is 0.797. The lowest BCUT2D eigenvalue weighted by Crippen LogP contribution is -2.13. The molecule has 0 atom stereocenters. The van der Waals surface area contributed by atoms with Gasteiger partial charge in [-0.2, -0.15) is 0 Å². The standard InChI is InChI=1S/C14H10ClN3O2S/c15-10-4-1-3-9(7-10)13-17-18-14(20-13)16-12(19)8-11-5-2-6-21-11/h1-7H,8H2,(H,16,18,19). The van der Waals surface area contributed by atoms with Crippen molar-refractivity contribution in [3.63, 3.8) is 0 Å². The van der Waals surface area contributed by atoms with Crippen LogP contribution < -0.4 is 5.32 Å². The van der Waals surface area contributed by atoms with E-state index in [4.69, 9.17) is 16.0 Å². The number of anilines is 1. The first kappa shape index (κ1) is 13.8. The van der Waals surface area contributed by atoms with E-state index in [0.29, 0.717) is 16.5 Å². The fourth-order valence-electron chi connectivity index (χ4n) is 1.75. The second-order valence-electron chi connectivity index (χ2n) is 4.23. The number of hydrogen-bond acceptors (Lipinski definition) is 5. The Kier molecular flexibility index (Phi) is 3.98. The van der Waals surface area contributed by atoms with Crippen molar-refractivity contribution in [3.8, 4) is 11.5 Å². The average molecular weight is 320 g/mol. The summed E-state index contributed by atoms with van der Waals surface area (Å²) in [5, 5.41) is 12.8. The van der Waals surface area contributed by atoms with Crippen molar-refractivity contribution in [2.75, 3.05) is 5.32 Å².